The van der Waals surface area contributed by atoms with Gasteiger partial charge in [-0.15, -0.1) is 0 Å². The van der Waals surface area contributed by atoms with E-state index in [0.29, 0.717) is 11.5 Å². The summed E-state index contributed by atoms with van der Waals surface area (Å²) in [6, 6.07) is 6.12. The molecule has 0 bridgehead atoms. The third-order valence-electron chi connectivity index (χ3n) is 3.02. The Morgan fingerprint density at radius 1 is 1.37 bits per heavy atom. The Kier molecular flexibility index (Phi) is 3.73. The largest absolute Gasteiger partial charge is 0.478 e. The van der Waals surface area contributed by atoms with Crippen molar-refractivity contribution in [2.24, 2.45) is 5.92 Å². The minimum atomic E-state index is -3.47. The van der Waals surface area contributed by atoms with Crippen molar-refractivity contribution in [3.8, 4) is 0 Å². The normalized spacial score (nSPS) is 22.6. The molecule has 0 heterocycles. The maximum absolute atomic E-state index is 12.0. The minimum Gasteiger partial charge on any atom is -0.478 e. The molecule has 0 aliphatic heterocycles. The van der Waals surface area contributed by atoms with Crippen LogP contribution in [0.15, 0.2) is 35.2 Å². The maximum atomic E-state index is 12.0. The van der Waals surface area contributed by atoms with E-state index in [2.05, 4.69) is 4.72 Å². The second kappa shape index (κ2) is 5.14. The number of sulfonamides is 1. The van der Waals surface area contributed by atoms with Crippen LogP contribution in [0.3, 0.4) is 0 Å². The summed E-state index contributed by atoms with van der Waals surface area (Å²) in [6.45, 7) is 1.99. The highest BCUT2D eigenvalue weighted by atomic mass is 32.2. The molecule has 0 spiro atoms. The van der Waals surface area contributed by atoms with Crippen molar-refractivity contribution in [2.45, 2.75) is 24.3 Å². The number of nitrogens with one attached hydrogen (secondary N) is 1. The molecule has 1 aliphatic carbocycles. The van der Waals surface area contributed by atoms with E-state index in [1.165, 1.54) is 18.2 Å². The number of hydrogen-bond donors (Lipinski definition) is 2. The number of hydrogen-bond acceptors (Lipinski definition) is 3. The number of carbonyl (C=O) groups is 1. The molecular weight excluding hydrogens is 266 g/mol. The lowest BCUT2D eigenvalue weighted by Crippen LogP contribution is -2.26. The summed E-state index contributed by atoms with van der Waals surface area (Å²) in [5.74, 6) is -0.645. The number of carboxylic acids is 1. The van der Waals surface area contributed by atoms with Gasteiger partial charge in [0.1, 0.15) is 0 Å². The molecule has 0 saturated heterocycles. The molecule has 1 aliphatic rings. The van der Waals surface area contributed by atoms with Crippen molar-refractivity contribution in [1.82, 2.24) is 4.72 Å². The molecule has 2 N–H and O–H groups in total. The van der Waals surface area contributed by atoms with Crippen molar-refractivity contribution in [2.75, 3.05) is 0 Å². The van der Waals surface area contributed by atoms with Crippen LogP contribution in [0.2, 0.25) is 0 Å². The molecular formula is C13H15NO4S. The van der Waals surface area contributed by atoms with Crippen molar-refractivity contribution >= 4 is 22.1 Å². The summed E-state index contributed by atoms with van der Waals surface area (Å²) < 4.78 is 26.6. The monoisotopic (exact) mass is 281 g/mol. The Balaban J connectivity index is 2.11. The average molecular weight is 281 g/mol. The van der Waals surface area contributed by atoms with Crippen molar-refractivity contribution in [3.63, 3.8) is 0 Å². The zero-order valence-corrected chi connectivity index (χ0v) is 11.2. The molecule has 1 fully saturated rings. The van der Waals surface area contributed by atoms with Gasteiger partial charge in [-0.25, -0.2) is 17.9 Å². The first-order chi connectivity index (χ1) is 8.88. The van der Waals surface area contributed by atoms with Gasteiger partial charge in [0.15, 0.2) is 0 Å². The maximum Gasteiger partial charge on any atom is 0.328 e. The highest BCUT2D eigenvalue weighted by Crippen LogP contribution is 2.30. The van der Waals surface area contributed by atoms with Crippen LogP contribution >= 0.6 is 0 Å². The van der Waals surface area contributed by atoms with Gasteiger partial charge >= 0.3 is 5.97 Å². The predicted octanol–water partition coefficient (Wildman–Crippen LogP) is 1.47. The van der Waals surface area contributed by atoms with Gasteiger partial charge < -0.3 is 5.11 Å². The van der Waals surface area contributed by atoms with E-state index in [1.807, 2.05) is 6.92 Å². The summed E-state index contributed by atoms with van der Waals surface area (Å²) in [4.78, 5) is 10.6. The fourth-order valence-corrected chi connectivity index (χ4v) is 3.04. The Morgan fingerprint density at radius 3 is 2.42 bits per heavy atom. The lowest BCUT2D eigenvalue weighted by atomic mass is 10.2. The van der Waals surface area contributed by atoms with Crippen LogP contribution in [0.1, 0.15) is 18.9 Å². The Labute approximate surface area is 112 Å². The van der Waals surface area contributed by atoms with Gasteiger partial charge in [0, 0.05) is 12.1 Å². The van der Waals surface area contributed by atoms with Crippen LogP contribution in [0.4, 0.5) is 0 Å². The van der Waals surface area contributed by atoms with Crippen LogP contribution in [0, 0.1) is 5.92 Å². The molecule has 0 amide bonds. The van der Waals surface area contributed by atoms with Crippen molar-refractivity contribution in [3.05, 3.63) is 35.9 Å². The third kappa shape index (κ3) is 3.65. The fourth-order valence-electron chi connectivity index (χ4n) is 1.68. The minimum absolute atomic E-state index is 0.0385. The zero-order valence-electron chi connectivity index (χ0n) is 10.4. The summed E-state index contributed by atoms with van der Waals surface area (Å²) in [5, 5.41) is 8.50. The third-order valence-corrected chi connectivity index (χ3v) is 4.53. The smallest absolute Gasteiger partial charge is 0.328 e. The first-order valence-electron chi connectivity index (χ1n) is 5.92. The van der Waals surface area contributed by atoms with Gasteiger partial charge in [0.25, 0.3) is 0 Å². The summed E-state index contributed by atoms with van der Waals surface area (Å²) >= 11 is 0. The van der Waals surface area contributed by atoms with E-state index in [9.17, 15) is 13.2 Å². The first-order valence-corrected chi connectivity index (χ1v) is 7.40. The molecule has 2 rings (SSSR count). The summed E-state index contributed by atoms with van der Waals surface area (Å²) in [7, 11) is -3.47. The molecule has 19 heavy (non-hydrogen) atoms. The van der Waals surface area contributed by atoms with Crippen LogP contribution < -0.4 is 4.72 Å². The van der Waals surface area contributed by atoms with E-state index in [4.69, 9.17) is 5.11 Å². The van der Waals surface area contributed by atoms with Crippen LogP contribution in [-0.4, -0.2) is 25.5 Å². The topological polar surface area (TPSA) is 83.5 Å². The van der Waals surface area contributed by atoms with E-state index >= 15 is 0 Å². The molecule has 2 atom stereocenters. The number of rotatable bonds is 5. The van der Waals surface area contributed by atoms with Crippen LogP contribution in [-0.2, 0) is 14.8 Å². The Morgan fingerprint density at radius 2 is 1.95 bits per heavy atom. The number of aliphatic carboxylic acids is 1. The van der Waals surface area contributed by atoms with E-state index in [-0.39, 0.29) is 10.9 Å². The molecule has 2 unspecified atom stereocenters. The SMILES string of the molecule is CC1CC1NS(=O)(=O)c1ccc(C=CC(=O)O)cc1. The van der Waals surface area contributed by atoms with Gasteiger partial charge in [-0.1, -0.05) is 19.1 Å². The van der Waals surface area contributed by atoms with Gasteiger partial charge in [-0.2, -0.15) is 0 Å². The predicted molar refractivity (Wildman–Crippen MR) is 71.0 cm³/mol. The highest BCUT2D eigenvalue weighted by Gasteiger charge is 2.36. The van der Waals surface area contributed by atoms with Gasteiger partial charge in [-0.05, 0) is 36.1 Å². The molecule has 1 aromatic rings. The quantitative estimate of drug-likeness (QED) is 0.801. The van der Waals surface area contributed by atoms with Crippen LogP contribution in [0.25, 0.3) is 6.08 Å². The van der Waals surface area contributed by atoms with Crippen LogP contribution in [0.5, 0.6) is 0 Å². The Hall–Kier alpha value is -1.66. The molecule has 0 aromatic heterocycles. The van der Waals surface area contributed by atoms with Crippen molar-refractivity contribution < 1.29 is 18.3 Å². The Bertz CT molecular complexity index is 604. The molecule has 0 radical (unpaired) electrons. The number of benzene rings is 1. The number of carboxylic acid groups (broad SMARTS) is 1. The fraction of sp³-hybridized carbons (Fsp3) is 0.308. The second-order valence-corrected chi connectivity index (χ2v) is 6.40. The lowest BCUT2D eigenvalue weighted by molar-refractivity contribution is -0.131. The lowest BCUT2D eigenvalue weighted by Gasteiger charge is -2.05. The summed E-state index contributed by atoms with van der Waals surface area (Å²) in [5.41, 5.74) is 0.640. The van der Waals surface area contributed by atoms with Gasteiger partial charge in [0.2, 0.25) is 10.0 Å². The van der Waals surface area contributed by atoms with E-state index in [1.54, 1.807) is 12.1 Å². The zero-order chi connectivity index (χ0) is 14.0. The molecule has 1 aromatic carbocycles. The van der Waals surface area contributed by atoms with Gasteiger partial charge in [0.05, 0.1) is 4.90 Å². The molecule has 6 heteroatoms. The van der Waals surface area contributed by atoms with E-state index in [0.717, 1.165) is 12.5 Å². The molecule has 1 saturated carbocycles. The van der Waals surface area contributed by atoms with Crippen molar-refractivity contribution in [1.29, 1.82) is 0 Å². The first kappa shape index (κ1) is 13.8. The summed E-state index contributed by atoms with van der Waals surface area (Å²) in [6.07, 6.45) is 3.29. The standard InChI is InChI=1S/C13H15NO4S/c1-9-8-12(9)14-19(17,18)11-5-2-10(3-6-11)4-7-13(15)16/h2-7,9,12,14H,8H2,1H3,(H,15,16). The average Bonchev–Trinajstić information content (AvgIpc) is 3.02. The van der Waals surface area contributed by atoms with Gasteiger partial charge in [-0.3, -0.25) is 0 Å². The molecule has 102 valence electrons. The van der Waals surface area contributed by atoms with E-state index < -0.39 is 16.0 Å². The highest BCUT2D eigenvalue weighted by molar-refractivity contribution is 7.89. The second-order valence-electron chi connectivity index (χ2n) is 4.68. The molecule has 5 nitrogen and oxygen atoms in total.